The maximum Gasteiger partial charge on any atom is 0.223 e. The van der Waals surface area contributed by atoms with Crippen LogP contribution < -0.4 is 5.73 Å². The molecular formula is C16H21N3O2. The predicted octanol–water partition coefficient (Wildman–Crippen LogP) is 1.98. The zero-order valence-electron chi connectivity index (χ0n) is 12.1. The van der Waals surface area contributed by atoms with Crippen LogP contribution in [-0.4, -0.2) is 28.9 Å². The fourth-order valence-corrected chi connectivity index (χ4v) is 2.13. The molecule has 5 nitrogen and oxygen atoms in total. The van der Waals surface area contributed by atoms with E-state index in [0.29, 0.717) is 32.5 Å². The zero-order valence-corrected chi connectivity index (χ0v) is 12.1. The first kappa shape index (κ1) is 15.3. The Hall–Kier alpha value is -2.14. The van der Waals surface area contributed by atoms with Gasteiger partial charge in [-0.2, -0.15) is 0 Å². The van der Waals surface area contributed by atoms with Gasteiger partial charge in [0.1, 0.15) is 5.76 Å². The Kier molecular flexibility index (Phi) is 5.97. The minimum Gasteiger partial charge on any atom is -0.469 e. The first-order chi connectivity index (χ1) is 10.3. The number of aromatic nitrogens is 1. The third-order valence-electron chi connectivity index (χ3n) is 3.25. The van der Waals surface area contributed by atoms with Gasteiger partial charge in [-0.15, -0.1) is 0 Å². The van der Waals surface area contributed by atoms with E-state index in [2.05, 4.69) is 4.98 Å². The van der Waals surface area contributed by atoms with Crippen molar-refractivity contribution in [1.29, 1.82) is 0 Å². The van der Waals surface area contributed by atoms with Crippen LogP contribution in [-0.2, 0) is 17.8 Å². The lowest BCUT2D eigenvalue weighted by Crippen LogP contribution is -2.32. The van der Waals surface area contributed by atoms with Gasteiger partial charge in [0.25, 0.3) is 0 Å². The SMILES string of the molecule is NCCCN(Cc1cccnc1)C(=O)CCc1ccco1. The lowest BCUT2D eigenvalue weighted by atomic mass is 10.2. The number of nitrogens with zero attached hydrogens (tertiary/aromatic N) is 2. The van der Waals surface area contributed by atoms with Crippen molar-refractivity contribution in [2.75, 3.05) is 13.1 Å². The van der Waals surface area contributed by atoms with Crippen LogP contribution in [0.5, 0.6) is 0 Å². The summed E-state index contributed by atoms with van der Waals surface area (Å²) < 4.78 is 5.26. The Morgan fingerprint density at radius 3 is 2.90 bits per heavy atom. The molecule has 0 atom stereocenters. The van der Waals surface area contributed by atoms with E-state index in [9.17, 15) is 4.79 Å². The van der Waals surface area contributed by atoms with Crippen molar-refractivity contribution in [2.45, 2.75) is 25.8 Å². The van der Waals surface area contributed by atoms with Gasteiger partial charge in [-0.05, 0) is 36.7 Å². The average Bonchev–Trinajstić information content (AvgIpc) is 3.03. The molecular weight excluding hydrogens is 266 g/mol. The molecule has 0 bridgehead atoms. The number of hydrogen-bond donors (Lipinski definition) is 1. The van der Waals surface area contributed by atoms with Crippen molar-refractivity contribution in [3.8, 4) is 0 Å². The first-order valence-corrected chi connectivity index (χ1v) is 7.18. The highest BCUT2D eigenvalue weighted by atomic mass is 16.3. The molecule has 0 spiro atoms. The number of furan rings is 1. The molecule has 2 heterocycles. The minimum absolute atomic E-state index is 0.115. The zero-order chi connectivity index (χ0) is 14.9. The number of carbonyl (C=O) groups excluding carboxylic acids is 1. The van der Waals surface area contributed by atoms with Crippen molar-refractivity contribution in [2.24, 2.45) is 5.73 Å². The van der Waals surface area contributed by atoms with E-state index in [1.807, 2.05) is 29.2 Å². The molecule has 0 radical (unpaired) electrons. The van der Waals surface area contributed by atoms with Gasteiger partial charge >= 0.3 is 0 Å². The second kappa shape index (κ2) is 8.21. The summed E-state index contributed by atoms with van der Waals surface area (Å²) in [5.74, 6) is 0.951. The van der Waals surface area contributed by atoms with Gasteiger partial charge in [0.2, 0.25) is 5.91 Å². The molecule has 0 aromatic carbocycles. The average molecular weight is 287 g/mol. The molecule has 5 heteroatoms. The molecule has 0 saturated heterocycles. The summed E-state index contributed by atoms with van der Waals surface area (Å²) in [5.41, 5.74) is 6.58. The lowest BCUT2D eigenvalue weighted by Gasteiger charge is -2.22. The van der Waals surface area contributed by atoms with Gasteiger partial charge in [-0.25, -0.2) is 0 Å². The van der Waals surface area contributed by atoms with Gasteiger partial charge in [0.05, 0.1) is 6.26 Å². The van der Waals surface area contributed by atoms with E-state index in [1.54, 1.807) is 18.7 Å². The monoisotopic (exact) mass is 287 g/mol. The number of nitrogens with two attached hydrogens (primary N) is 1. The number of hydrogen-bond acceptors (Lipinski definition) is 4. The summed E-state index contributed by atoms with van der Waals surface area (Å²) in [5, 5.41) is 0. The molecule has 2 rings (SSSR count). The molecule has 0 aliphatic rings. The third kappa shape index (κ3) is 5.04. The van der Waals surface area contributed by atoms with Gasteiger partial charge in [-0.3, -0.25) is 9.78 Å². The summed E-state index contributed by atoms with van der Waals surface area (Å²) in [7, 11) is 0. The van der Waals surface area contributed by atoms with Gasteiger partial charge in [0.15, 0.2) is 0 Å². The topological polar surface area (TPSA) is 72.4 Å². The maximum absolute atomic E-state index is 12.4. The van der Waals surface area contributed by atoms with Crippen molar-refractivity contribution < 1.29 is 9.21 Å². The smallest absolute Gasteiger partial charge is 0.223 e. The molecule has 0 aliphatic heterocycles. The van der Waals surface area contributed by atoms with Crippen molar-refractivity contribution >= 4 is 5.91 Å². The minimum atomic E-state index is 0.115. The largest absolute Gasteiger partial charge is 0.469 e. The Labute approximate surface area is 124 Å². The van der Waals surface area contributed by atoms with Crippen molar-refractivity contribution in [3.63, 3.8) is 0 Å². The van der Waals surface area contributed by atoms with E-state index in [1.165, 1.54) is 0 Å². The molecule has 0 aliphatic carbocycles. The summed E-state index contributed by atoms with van der Waals surface area (Å²) in [4.78, 5) is 18.3. The fraction of sp³-hybridized carbons (Fsp3) is 0.375. The molecule has 0 unspecified atom stereocenters. The Morgan fingerprint density at radius 2 is 2.24 bits per heavy atom. The molecule has 2 N–H and O–H groups in total. The molecule has 0 fully saturated rings. The van der Waals surface area contributed by atoms with Crippen LogP contribution in [0.25, 0.3) is 0 Å². The summed E-state index contributed by atoms with van der Waals surface area (Å²) >= 11 is 0. The Bertz CT molecular complexity index is 526. The van der Waals surface area contributed by atoms with Crippen LogP contribution in [0.2, 0.25) is 0 Å². The van der Waals surface area contributed by atoms with E-state index < -0.39 is 0 Å². The quantitative estimate of drug-likeness (QED) is 0.806. The number of aryl methyl sites for hydroxylation is 1. The molecule has 2 aromatic rings. The van der Waals surface area contributed by atoms with Crippen molar-refractivity contribution in [3.05, 3.63) is 54.2 Å². The van der Waals surface area contributed by atoms with Crippen LogP contribution in [0.4, 0.5) is 0 Å². The highest BCUT2D eigenvalue weighted by Crippen LogP contribution is 2.09. The first-order valence-electron chi connectivity index (χ1n) is 7.18. The van der Waals surface area contributed by atoms with Gasteiger partial charge in [0, 0.05) is 38.3 Å². The Morgan fingerprint density at radius 1 is 1.33 bits per heavy atom. The fourth-order valence-electron chi connectivity index (χ4n) is 2.13. The van der Waals surface area contributed by atoms with Crippen LogP contribution in [0, 0.1) is 0 Å². The standard InChI is InChI=1S/C16H21N3O2/c17-8-3-10-19(13-14-4-1-9-18-12-14)16(20)7-6-15-5-2-11-21-15/h1-2,4-5,9,11-12H,3,6-8,10,13,17H2. The van der Waals surface area contributed by atoms with E-state index in [4.69, 9.17) is 10.2 Å². The van der Waals surface area contributed by atoms with Crippen molar-refractivity contribution in [1.82, 2.24) is 9.88 Å². The highest BCUT2D eigenvalue weighted by molar-refractivity contribution is 5.76. The molecule has 1 amide bonds. The lowest BCUT2D eigenvalue weighted by molar-refractivity contribution is -0.131. The Balaban J connectivity index is 1.92. The molecule has 2 aromatic heterocycles. The maximum atomic E-state index is 12.4. The number of carbonyl (C=O) groups is 1. The third-order valence-corrected chi connectivity index (χ3v) is 3.25. The normalized spacial score (nSPS) is 10.5. The highest BCUT2D eigenvalue weighted by Gasteiger charge is 2.14. The van der Waals surface area contributed by atoms with Crippen LogP contribution in [0.1, 0.15) is 24.2 Å². The second-order valence-corrected chi connectivity index (χ2v) is 4.90. The van der Waals surface area contributed by atoms with Gasteiger partial charge in [-0.1, -0.05) is 6.07 Å². The molecule has 112 valence electrons. The van der Waals surface area contributed by atoms with Crippen LogP contribution >= 0.6 is 0 Å². The molecule has 0 saturated carbocycles. The number of amides is 1. The predicted molar refractivity (Wildman–Crippen MR) is 80.4 cm³/mol. The number of pyridine rings is 1. The van der Waals surface area contributed by atoms with E-state index >= 15 is 0 Å². The van der Waals surface area contributed by atoms with E-state index in [-0.39, 0.29) is 5.91 Å². The van der Waals surface area contributed by atoms with E-state index in [0.717, 1.165) is 17.7 Å². The van der Waals surface area contributed by atoms with Crippen LogP contribution in [0.3, 0.4) is 0 Å². The number of rotatable bonds is 8. The molecule has 21 heavy (non-hydrogen) atoms. The van der Waals surface area contributed by atoms with Crippen LogP contribution in [0.15, 0.2) is 47.3 Å². The summed E-state index contributed by atoms with van der Waals surface area (Å²) in [6, 6.07) is 7.58. The summed E-state index contributed by atoms with van der Waals surface area (Å²) in [6.45, 7) is 1.82. The second-order valence-electron chi connectivity index (χ2n) is 4.90. The summed E-state index contributed by atoms with van der Waals surface area (Å²) in [6.07, 6.45) is 7.01. The van der Waals surface area contributed by atoms with Gasteiger partial charge < -0.3 is 15.1 Å².